The molecule has 0 radical (unpaired) electrons. The van der Waals surface area contributed by atoms with E-state index in [1.165, 1.54) is 25.7 Å². The number of rotatable bonds is 3. The third-order valence-electron chi connectivity index (χ3n) is 3.41. The van der Waals surface area contributed by atoms with Crippen molar-refractivity contribution in [1.82, 2.24) is 0 Å². The third kappa shape index (κ3) is 2.83. The molecule has 1 saturated carbocycles. The molecule has 2 atom stereocenters. The minimum absolute atomic E-state index is 0.573. The average Bonchev–Trinajstić information content (AvgIpc) is 2.70. The summed E-state index contributed by atoms with van der Waals surface area (Å²) in [6.07, 6.45) is 5.12. The van der Waals surface area contributed by atoms with E-state index in [0.717, 1.165) is 11.6 Å². The zero-order valence-corrected chi connectivity index (χ0v) is 11.0. The molecule has 1 nitrogen and oxygen atoms in total. The van der Waals surface area contributed by atoms with Crippen molar-refractivity contribution in [2.24, 2.45) is 5.92 Å². The first-order valence-electron chi connectivity index (χ1n) is 5.90. The number of halogens is 2. The van der Waals surface area contributed by atoms with Gasteiger partial charge >= 0.3 is 0 Å². The van der Waals surface area contributed by atoms with Gasteiger partial charge in [-0.15, -0.1) is 0 Å². The maximum Gasteiger partial charge on any atom is 0.0652 e. The Morgan fingerprint density at radius 1 is 1.31 bits per heavy atom. The summed E-state index contributed by atoms with van der Waals surface area (Å²) in [5.41, 5.74) is 1.01. The van der Waals surface area contributed by atoms with Crippen LogP contribution in [0.2, 0.25) is 10.0 Å². The molecule has 88 valence electrons. The van der Waals surface area contributed by atoms with E-state index < -0.39 is 0 Å². The van der Waals surface area contributed by atoms with Crippen LogP contribution < -0.4 is 5.32 Å². The fourth-order valence-corrected chi connectivity index (χ4v) is 2.87. The molecule has 2 unspecified atom stereocenters. The molecule has 1 fully saturated rings. The lowest BCUT2D eigenvalue weighted by atomic mass is 10.1. The maximum absolute atomic E-state index is 6.13. The minimum Gasteiger partial charge on any atom is -0.381 e. The van der Waals surface area contributed by atoms with Gasteiger partial charge in [0.2, 0.25) is 0 Å². The Labute approximate surface area is 107 Å². The van der Waals surface area contributed by atoms with Gasteiger partial charge in [-0.2, -0.15) is 0 Å². The predicted molar refractivity (Wildman–Crippen MR) is 71.5 cm³/mol. The molecule has 0 bridgehead atoms. The van der Waals surface area contributed by atoms with E-state index in [-0.39, 0.29) is 0 Å². The van der Waals surface area contributed by atoms with Crippen molar-refractivity contribution in [1.29, 1.82) is 0 Å². The monoisotopic (exact) mass is 257 g/mol. The molecule has 3 heteroatoms. The quantitative estimate of drug-likeness (QED) is 0.805. The second-order valence-corrected chi connectivity index (χ2v) is 5.40. The maximum atomic E-state index is 6.13. The van der Waals surface area contributed by atoms with Crippen molar-refractivity contribution >= 4 is 28.9 Å². The lowest BCUT2D eigenvalue weighted by molar-refractivity contribution is 0.525. The molecule has 1 N–H and O–H groups in total. The van der Waals surface area contributed by atoms with Crippen LogP contribution in [0.4, 0.5) is 5.69 Å². The zero-order valence-electron chi connectivity index (χ0n) is 9.47. The van der Waals surface area contributed by atoms with Crippen LogP contribution in [0, 0.1) is 5.92 Å². The standard InChI is InChI=1S/C13H17Cl2N/c1-2-9-3-5-11(7-9)16-13-6-4-10(14)8-12(13)15/h4,6,8-9,11,16H,2-3,5,7H2,1H3. The second kappa shape index (κ2) is 5.29. The van der Waals surface area contributed by atoms with Gasteiger partial charge in [0.1, 0.15) is 0 Å². The molecule has 0 heterocycles. The average molecular weight is 258 g/mol. The van der Waals surface area contributed by atoms with E-state index in [1.54, 1.807) is 6.07 Å². The zero-order chi connectivity index (χ0) is 11.5. The normalized spacial score (nSPS) is 24.7. The summed E-state index contributed by atoms with van der Waals surface area (Å²) < 4.78 is 0. The third-order valence-corrected chi connectivity index (χ3v) is 3.96. The Morgan fingerprint density at radius 2 is 2.12 bits per heavy atom. The summed E-state index contributed by atoms with van der Waals surface area (Å²) in [5, 5.41) is 4.91. The second-order valence-electron chi connectivity index (χ2n) is 4.55. The highest BCUT2D eigenvalue weighted by Crippen LogP contribution is 2.32. The molecule has 1 aromatic carbocycles. The molecule has 2 rings (SSSR count). The molecule has 0 aromatic heterocycles. The van der Waals surface area contributed by atoms with Gasteiger partial charge < -0.3 is 5.32 Å². The molecule has 0 aliphatic heterocycles. The lowest BCUT2D eigenvalue weighted by Gasteiger charge is -2.15. The van der Waals surface area contributed by atoms with E-state index >= 15 is 0 Å². The fraction of sp³-hybridized carbons (Fsp3) is 0.538. The highest BCUT2D eigenvalue weighted by Gasteiger charge is 2.23. The van der Waals surface area contributed by atoms with Crippen LogP contribution in [0.3, 0.4) is 0 Å². The highest BCUT2D eigenvalue weighted by atomic mass is 35.5. The molecule has 0 amide bonds. The van der Waals surface area contributed by atoms with Gasteiger partial charge in [0.15, 0.2) is 0 Å². The van der Waals surface area contributed by atoms with E-state index in [2.05, 4.69) is 12.2 Å². The first-order chi connectivity index (χ1) is 7.69. The van der Waals surface area contributed by atoms with E-state index in [4.69, 9.17) is 23.2 Å². The Morgan fingerprint density at radius 3 is 2.75 bits per heavy atom. The van der Waals surface area contributed by atoms with Crippen LogP contribution in [-0.2, 0) is 0 Å². The van der Waals surface area contributed by atoms with Gasteiger partial charge in [0.25, 0.3) is 0 Å². The number of benzene rings is 1. The van der Waals surface area contributed by atoms with Crippen LogP contribution >= 0.6 is 23.2 Å². The SMILES string of the molecule is CCC1CCC(Nc2ccc(Cl)cc2Cl)C1. The summed E-state index contributed by atoms with van der Waals surface area (Å²) >= 11 is 12.0. The van der Waals surface area contributed by atoms with Gasteiger partial charge in [0, 0.05) is 11.1 Å². The molecule has 1 aliphatic carbocycles. The van der Waals surface area contributed by atoms with Crippen LogP contribution in [-0.4, -0.2) is 6.04 Å². The van der Waals surface area contributed by atoms with Gasteiger partial charge in [-0.1, -0.05) is 36.5 Å². The lowest BCUT2D eigenvalue weighted by Crippen LogP contribution is -2.15. The fourth-order valence-electron chi connectivity index (χ4n) is 2.40. The predicted octanol–water partition coefficient (Wildman–Crippen LogP) is 4.98. The molecule has 1 aliphatic rings. The number of nitrogens with one attached hydrogen (secondary N) is 1. The van der Waals surface area contributed by atoms with Crippen LogP contribution in [0.15, 0.2) is 18.2 Å². The molecular formula is C13H17Cl2N. The summed E-state index contributed by atoms with van der Waals surface area (Å²) in [5.74, 6) is 0.878. The van der Waals surface area contributed by atoms with E-state index in [0.29, 0.717) is 16.1 Å². The Kier molecular flexibility index (Phi) is 3.99. The summed E-state index contributed by atoms with van der Waals surface area (Å²) in [6.45, 7) is 2.27. The Balaban J connectivity index is 1.99. The van der Waals surface area contributed by atoms with Crippen molar-refractivity contribution in [3.8, 4) is 0 Å². The first kappa shape index (κ1) is 12.1. The topological polar surface area (TPSA) is 12.0 Å². The van der Waals surface area contributed by atoms with Gasteiger partial charge in [-0.25, -0.2) is 0 Å². The minimum atomic E-state index is 0.573. The first-order valence-corrected chi connectivity index (χ1v) is 6.66. The summed E-state index contributed by atoms with van der Waals surface area (Å²) in [7, 11) is 0. The molecule has 0 saturated heterocycles. The van der Waals surface area contributed by atoms with Gasteiger partial charge in [0.05, 0.1) is 10.7 Å². The highest BCUT2D eigenvalue weighted by molar-refractivity contribution is 6.36. The van der Waals surface area contributed by atoms with Crippen LogP contribution in [0.25, 0.3) is 0 Å². The number of hydrogen-bond donors (Lipinski definition) is 1. The van der Waals surface area contributed by atoms with E-state index in [1.807, 2.05) is 12.1 Å². The van der Waals surface area contributed by atoms with E-state index in [9.17, 15) is 0 Å². The Bertz CT molecular complexity index is 365. The number of hydrogen-bond acceptors (Lipinski definition) is 1. The van der Waals surface area contributed by atoms with Gasteiger partial charge in [-0.3, -0.25) is 0 Å². The van der Waals surface area contributed by atoms with Crippen molar-refractivity contribution in [3.05, 3.63) is 28.2 Å². The molecular weight excluding hydrogens is 241 g/mol. The Hall–Kier alpha value is -0.400. The number of anilines is 1. The molecule has 0 spiro atoms. The summed E-state index contributed by atoms with van der Waals surface area (Å²) in [6, 6.07) is 6.20. The smallest absolute Gasteiger partial charge is 0.0652 e. The molecule has 1 aromatic rings. The summed E-state index contributed by atoms with van der Waals surface area (Å²) in [4.78, 5) is 0. The largest absolute Gasteiger partial charge is 0.381 e. The van der Waals surface area contributed by atoms with Crippen molar-refractivity contribution in [3.63, 3.8) is 0 Å². The molecule has 16 heavy (non-hydrogen) atoms. The van der Waals surface area contributed by atoms with Crippen molar-refractivity contribution < 1.29 is 0 Å². The van der Waals surface area contributed by atoms with Crippen molar-refractivity contribution in [2.75, 3.05) is 5.32 Å². The van der Waals surface area contributed by atoms with Crippen LogP contribution in [0.1, 0.15) is 32.6 Å². The van der Waals surface area contributed by atoms with Crippen LogP contribution in [0.5, 0.6) is 0 Å². The van der Waals surface area contributed by atoms with Crippen molar-refractivity contribution in [2.45, 2.75) is 38.6 Å². The van der Waals surface area contributed by atoms with Gasteiger partial charge in [-0.05, 0) is 43.4 Å².